The van der Waals surface area contributed by atoms with E-state index < -0.39 is 0 Å². The van der Waals surface area contributed by atoms with Crippen molar-refractivity contribution in [1.29, 1.82) is 0 Å². The van der Waals surface area contributed by atoms with Crippen LogP contribution in [0.25, 0.3) is 22.4 Å². The molecule has 0 saturated heterocycles. The summed E-state index contributed by atoms with van der Waals surface area (Å²) >= 11 is 1.68. The fraction of sp³-hybridized carbons (Fsp3) is 0.125. The van der Waals surface area contributed by atoms with Gasteiger partial charge >= 0.3 is 0 Å². The second-order valence-corrected chi connectivity index (χ2v) is 8.01. The van der Waals surface area contributed by atoms with Crippen molar-refractivity contribution < 1.29 is 8.96 Å². The smallest absolute Gasteiger partial charge is 0.263 e. The average molecular weight is 390 g/mol. The maximum atomic E-state index is 13.9. The molecule has 0 N–H and O–H groups in total. The van der Waals surface area contributed by atoms with Crippen LogP contribution in [0.3, 0.4) is 0 Å². The fourth-order valence-corrected chi connectivity index (χ4v) is 4.22. The Kier molecular flexibility index (Phi) is 5.22. The minimum absolute atomic E-state index is 0.207. The van der Waals surface area contributed by atoms with E-state index in [4.69, 9.17) is 0 Å². The third kappa shape index (κ3) is 3.97. The summed E-state index contributed by atoms with van der Waals surface area (Å²) in [5.74, 6) is -0.207. The number of hydrogen-bond acceptors (Lipinski definition) is 2. The molecular formula is C24H22FN2S+. The van der Waals surface area contributed by atoms with E-state index in [-0.39, 0.29) is 5.82 Å². The first-order valence-electron chi connectivity index (χ1n) is 9.21. The molecule has 0 unspecified atom stereocenters. The van der Waals surface area contributed by atoms with Gasteiger partial charge in [0, 0.05) is 37.5 Å². The van der Waals surface area contributed by atoms with Gasteiger partial charge in [-0.2, -0.15) is 4.57 Å². The summed E-state index contributed by atoms with van der Waals surface area (Å²) in [5, 5.41) is 1.10. The molecule has 1 aromatic heterocycles. The summed E-state index contributed by atoms with van der Waals surface area (Å²) in [6.07, 6.45) is 4.23. The van der Waals surface area contributed by atoms with Crippen LogP contribution in [0.15, 0.2) is 72.8 Å². The van der Waals surface area contributed by atoms with Crippen molar-refractivity contribution in [1.82, 2.24) is 0 Å². The van der Waals surface area contributed by atoms with Crippen molar-refractivity contribution in [3.05, 3.63) is 94.7 Å². The van der Waals surface area contributed by atoms with Crippen molar-refractivity contribution in [2.45, 2.75) is 6.54 Å². The average Bonchev–Trinajstić information content (AvgIpc) is 3.04. The van der Waals surface area contributed by atoms with Crippen LogP contribution in [-0.2, 0) is 6.54 Å². The van der Waals surface area contributed by atoms with Gasteiger partial charge in [-0.05, 0) is 35.9 Å². The van der Waals surface area contributed by atoms with E-state index in [9.17, 15) is 4.39 Å². The highest BCUT2D eigenvalue weighted by molar-refractivity contribution is 7.18. The van der Waals surface area contributed by atoms with Gasteiger partial charge in [-0.1, -0.05) is 53.8 Å². The van der Waals surface area contributed by atoms with E-state index in [1.54, 1.807) is 17.4 Å². The molecule has 4 heteroatoms. The second kappa shape index (κ2) is 7.95. The first-order chi connectivity index (χ1) is 13.6. The molecule has 0 bridgehead atoms. The zero-order chi connectivity index (χ0) is 19.5. The van der Waals surface area contributed by atoms with Gasteiger partial charge in [0.25, 0.3) is 5.01 Å². The zero-order valence-corrected chi connectivity index (χ0v) is 16.8. The molecule has 0 saturated carbocycles. The van der Waals surface area contributed by atoms with Gasteiger partial charge in [0.05, 0.1) is 0 Å². The summed E-state index contributed by atoms with van der Waals surface area (Å²) < 4.78 is 17.2. The van der Waals surface area contributed by atoms with E-state index in [2.05, 4.69) is 58.0 Å². The van der Waals surface area contributed by atoms with E-state index in [0.29, 0.717) is 6.54 Å². The maximum Gasteiger partial charge on any atom is 0.263 e. The SMILES string of the molecule is CN(C)c1ccc(C=Cc2sc3ccc(F)cc3[n+]2Cc2ccccc2)cc1. The fourth-order valence-electron chi connectivity index (χ4n) is 3.18. The van der Waals surface area contributed by atoms with Crippen LogP contribution in [0.1, 0.15) is 16.1 Å². The Bertz CT molecular complexity index is 1110. The van der Waals surface area contributed by atoms with Gasteiger partial charge in [-0.15, -0.1) is 0 Å². The number of anilines is 1. The number of hydrogen-bond donors (Lipinski definition) is 0. The lowest BCUT2D eigenvalue weighted by Crippen LogP contribution is -2.35. The van der Waals surface area contributed by atoms with Crippen molar-refractivity contribution in [2.75, 3.05) is 19.0 Å². The summed E-state index contributed by atoms with van der Waals surface area (Å²) in [4.78, 5) is 2.09. The molecule has 0 spiro atoms. The molecule has 28 heavy (non-hydrogen) atoms. The first-order valence-corrected chi connectivity index (χ1v) is 10.0. The molecule has 0 atom stereocenters. The molecule has 0 aliphatic carbocycles. The Balaban J connectivity index is 1.72. The zero-order valence-electron chi connectivity index (χ0n) is 16.0. The molecule has 1 heterocycles. The van der Waals surface area contributed by atoms with Gasteiger partial charge in [0.1, 0.15) is 10.5 Å². The highest BCUT2D eigenvalue weighted by Gasteiger charge is 2.19. The van der Waals surface area contributed by atoms with Gasteiger partial charge in [-0.25, -0.2) is 4.39 Å². The summed E-state index contributed by atoms with van der Waals surface area (Å²) in [6.45, 7) is 0.712. The molecule has 3 aromatic carbocycles. The number of rotatable bonds is 5. The molecule has 4 aromatic rings. The van der Waals surface area contributed by atoms with Crippen molar-refractivity contribution in [2.24, 2.45) is 0 Å². The normalized spacial score (nSPS) is 11.4. The van der Waals surface area contributed by atoms with Crippen LogP contribution in [0.5, 0.6) is 0 Å². The van der Waals surface area contributed by atoms with Crippen LogP contribution >= 0.6 is 11.3 Å². The number of halogens is 1. The van der Waals surface area contributed by atoms with Crippen molar-refractivity contribution in [3.63, 3.8) is 0 Å². The molecule has 4 rings (SSSR count). The first kappa shape index (κ1) is 18.4. The number of aromatic nitrogens is 1. The molecule has 0 aliphatic rings. The van der Waals surface area contributed by atoms with Gasteiger partial charge < -0.3 is 4.90 Å². The highest BCUT2D eigenvalue weighted by Crippen LogP contribution is 2.24. The Morgan fingerprint density at radius 3 is 2.39 bits per heavy atom. The minimum Gasteiger partial charge on any atom is -0.378 e. The molecular weight excluding hydrogens is 367 g/mol. The lowest BCUT2D eigenvalue weighted by molar-refractivity contribution is -0.659. The van der Waals surface area contributed by atoms with Crippen molar-refractivity contribution in [3.8, 4) is 0 Å². The largest absolute Gasteiger partial charge is 0.378 e. The van der Waals surface area contributed by atoms with Crippen LogP contribution in [0.2, 0.25) is 0 Å². The number of thiazole rings is 1. The number of fused-ring (bicyclic) bond motifs is 1. The van der Waals surface area contributed by atoms with Gasteiger partial charge in [0.15, 0.2) is 6.54 Å². The third-order valence-electron chi connectivity index (χ3n) is 4.70. The third-order valence-corrected chi connectivity index (χ3v) is 5.83. The summed E-state index contributed by atoms with van der Waals surface area (Å²) in [6, 6.07) is 23.7. The minimum atomic E-state index is -0.207. The number of benzene rings is 3. The van der Waals surface area contributed by atoms with Crippen LogP contribution in [0, 0.1) is 5.82 Å². The number of nitrogens with zero attached hydrogens (tertiary/aromatic N) is 2. The Hall–Kier alpha value is -2.98. The van der Waals surface area contributed by atoms with E-state index >= 15 is 0 Å². The Morgan fingerprint density at radius 1 is 0.929 bits per heavy atom. The lowest BCUT2D eigenvalue weighted by Gasteiger charge is -2.11. The maximum absolute atomic E-state index is 13.9. The lowest BCUT2D eigenvalue weighted by atomic mass is 10.2. The second-order valence-electron chi connectivity index (χ2n) is 6.94. The molecule has 0 amide bonds. The Labute approximate surface area is 168 Å². The summed E-state index contributed by atoms with van der Waals surface area (Å²) in [5.41, 5.74) is 4.44. The molecule has 0 radical (unpaired) electrons. The van der Waals surface area contributed by atoms with Crippen LogP contribution < -0.4 is 9.47 Å². The van der Waals surface area contributed by atoms with Crippen LogP contribution in [0.4, 0.5) is 10.1 Å². The predicted octanol–water partition coefficient (Wildman–Crippen LogP) is 5.61. The topological polar surface area (TPSA) is 7.12 Å². The van der Waals surface area contributed by atoms with E-state index in [0.717, 1.165) is 20.8 Å². The summed E-state index contributed by atoms with van der Waals surface area (Å²) in [7, 11) is 4.07. The molecule has 140 valence electrons. The Morgan fingerprint density at radius 2 is 1.68 bits per heavy atom. The molecule has 0 fully saturated rings. The van der Waals surface area contributed by atoms with Crippen LogP contribution in [-0.4, -0.2) is 14.1 Å². The van der Waals surface area contributed by atoms with Gasteiger partial charge in [0.2, 0.25) is 5.52 Å². The standard InChI is InChI=1S/C24H22FN2S/c1-26(2)21-12-8-18(9-13-21)10-15-24-27(17-19-6-4-3-5-7-19)22-16-20(25)11-14-23(22)28-24/h3-16H,17H2,1-2H3/q+1. The van der Waals surface area contributed by atoms with E-state index in [1.807, 2.05) is 38.4 Å². The highest BCUT2D eigenvalue weighted by atomic mass is 32.1. The van der Waals surface area contributed by atoms with Crippen molar-refractivity contribution >= 4 is 39.4 Å². The van der Waals surface area contributed by atoms with E-state index in [1.165, 1.54) is 17.3 Å². The quantitative estimate of drug-likeness (QED) is 0.402. The van der Waals surface area contributed by atoms with Gasteiger partial charge in [-0.3, -0.25) is 0 Å². The molecule has 0 aliphatic heterocycles. The monoisotopic (exact) mass is 389 g/mol. The molecule has 2 nitrogen and oxygen atoms in total. The predicted molar refractivity (Wildman–Crippen MR) is 117 cm³/mol.